The molecule has 0 saturated carbocycles. The van der Waals surface area contributed by atoms with Crippen molar-refractivity contribution in [3.05, 3.63) is 53.6 Å². The normalized spacial score (nSPS) is 12.2. The SMILES string of the molecule is CCC(CC)(Pc1ccccc1CN(C)C)c1cc(OC)ccc1O. The molecule has 1 N–H and O–H groups in total. The molecule has 1 unspecified atom stereocenters. The average molecular weight is 359 g/mol. The fraction of sp³-hybridized carbons (Fsp3) is 0.429. The Morgan fingerprint density at radius 2 is 1.76 bits per heavy atom. The summed E-state index contributed by atoms with van der Waals surface area (Å²) >= 11 is 0. The maximum absolute atomic E-state index is 10.6. The maximum atomic E-state index is 10.6. The van der Waals surface area contributed by atoms with Crippen molar-refractivity contribution in [3.8, 4) is 11.5 Å². The van der Waals surface area contributed by atoms with Crippen LogP contribution in [0.1, 0.15) is 37.8 Å². The zero-order chi connectivity index (χ0) is 18.4. The monoisotopic (exact) mass is 359 g/mol. The number of hydrogen-bond acceptors (Lipinski definition) is 3. The molecular formula is C21H30NO2P. The lowest BCUT2D eigenvalue weighted by Crippen LogP contribution is -2.24. The summed E-state index contributed by atoms with van der Waals surface area (Å²) in [5.74, 6) is 1.16. The van der Waals surface area contributed by atoms with E-state index < -0.39 is 0 Å². The molecule has 0 radical (unpaired) electrons. The third kappa shape index (κ3) is 4.54. The van der Waals surface area contributed by atoms with Crippen LogP contribution in [0, 0.1) is 0 Å². The van der Waals surface area contributed by atoms with Gasteiger partial charge in [0.25, 0.3) is 0 Å². The number of nitrogens with zero attached hydrogens (tertiary/aromatic N) is 1. The van der Waals surface area contributed by atoms with Crippen LogP contribution in [0.25, 0.3) is 0 Å². The zero-order valence-electron chi connectivity index (χ0n) is 16.0. The summed E-state index contributed by atoms with van der Waals surface area (Å²) in [5, 5.41) is 11.9. The number of methoxy groups -OCH3 is 1. The number of ether oxygens (including phenoxy) is 1. The van der Waals surface area contributed by atoms with Crippen molar-refractivity contribution in [1.82, 2.24) is 4.90 Å². The van der Waals surface area contributed by atoms with E-state index in [1.54, 1.807) is 13.2 Å². The van der Waals surface area contributed by atoms with Gasteiger partial charge in [0, 0.05) is 17.3 Å². The molecule has 2 aromatic carbocycles. The molecule has 0 aromatic heterocycles. The van der Waals surface area contributed by atoms with Crippen molar-refractivity contribution in [2.75, 3.05) is 21.2 Å². The van der Waals surface area contributed by atoms with Crippen LogP contribution < -0.4 is 10.0 Å². The molecule has 0 aliphatic carbocycles. The Kier molecular flexibility index (Phi) is 6.87. The van der Waals surface area contributed by atoms with E-state index >= 15 is 0 Å². The highest BCUT2D eigenvalue weighted by Gasteiger charge is 2.32. The van der Waals surface area contributed by atoms with Crippen molar-refractivity contribution in [1.29, 1.82) is 0 Å². The molecule has 0 saturated heterocycles. The lowest BCUT2D eigenvalue weighted by molar-refractivity contribution is 0.403. The fourth-order valence-electron chi connectivity index (χ4n) is 3.28. The lowest BCUT2D eigenvalue weighted by atomic mass is 9.91. The smallest absolute Gasteiger partial charge is 0.119 e. The predicted octanol–water partition coefficient (Wildman–Crippen LogP) is 4.48. The van der Waals surface area contributed by atoms with Crippen LogP contribution in [0.3, 0.4) is 0 Å². The van der Waals surface area contributed by atoms with Crippen molar-refractivity contribution in [3.63, 3.8) is 0 Å². The van der Waals surface area contributed by atoms with Gasteiger partial charge in [0.15, 0.2) is 0 Å². The highest BCUT2D eigenvalue weighted by atomic mass is 31.1. The van der Waals surface area contributed by atoms with Gasteiger partial charge in [0.05, 0.1) is 7.11 Å². The summed E-state index contributed by atoms with van der Waals surface area (Å²) in [6.45, 7) is 5.35. The van der Waals surface area contributed by atoms with E-state index in [0.29, 0.717) is 14.3 Å². The van der Waals surface area contributed by atoms with Gasteiger partial charge in [-0.25, -0.2) is 0 Å². The third-order valence-corrected chi connectivity index (χ3v) is 7.02. The van der Waals surface area contributed by atoms with Gasteiger partial charge in [-0.1, -0.05) is 46.7 Å². The van der Waals surface area contributed by atoms with E-state index in [1.807, 2.05) is 12.1 Å². The van der Waals surface area contributed by atoms with Gasteiger partial charge in [-0.3, -0.25) is 0 Å². The minimum atomic E-state index is -0.0823. The van der Waals surface area contributed by atoms with E-state index in [9.17, 15) is 5.11 Å². The topological polar surface area (TPSA) is 32.7 Å². The quantitative estimate of drug-likeness (QED) is 0.705. The number of benzene rings is 2. The Hall–Kier alpha value is -1.57. The zero-order valence-corrected chi connectivity index (χ0v) is 17.0. The molecule has 2 aromatic rings. The maximum Gasteiger partial charge on any atom is 0.119 e. The molecule has 25 heavy (non-hydrogen) atoms. The Bertz CT molecular complexity index is 696. The van der Waals surface area contributed by atoms with Crippen molar-refractivity contribution < 1.29 is 9.84 Å². The molecule has 2 rings (SSSR count). The number of aromatic hydroxyl groups is 1. The predicted molar refractivity (Wildman–Crippen MR) is 109 cm³/mol. The van der Waals surface area contributed by atoms with Crippen molar-refractivity contribution >= 4 is 13.9 Å². The molecule has 0 heterocycles. The Labute approximate surface area is 153 Å². The van der Waals surface area contributed by atoms with Crippen LogP contribution in [-0.2, 0) is 11.7 Å². The molecule has 0 fully saturated rings. The van der Waals surface area contributed by atoms with Crippen molar-refractivity contribution in [2.24, 2.45) is 0 Å². The fourth-order valence-corrected chi connectivity index (χ4v) is 4.99. The summed E-state index contributed by atoms with van der Waals surface area (Å²) in [7, 11) is 6.46. The molecule has 1 atom stereocenters. The number of rotatable bonds is 8. The molecule has 3 nitrogen and oxygen atoms in total. The number of phenols is 1. The van der Waals surface area contributed by atoms with E-state index in [4.69, 9.17) is 4.74 Å². The molecule has 0 aliphatic rings. The summed E-state index contributed by atoms with van der Waals surface area (Å²) in [6.07, 6.45) is 1.94. The van der Waals surface area contributed by atoms with E-state index in [2.05, 4.69) is 57.1 Å². The molecule has 0 aliphatic heterocycles. The van der Waals surface area contributed by atoms with E-state index in [-0.39, 0.29) is 5.16 Å². The van der Waals surface area contributed by atoms with Gasteiger partial charge in [0.1, 0.15) is 11.5 Å². The van der Waals surface area contributed by atoms with Crippen LogP contribution in [0.5, 0.6) is 11.5 Å². The summed E-state index contributed by atoms with van der Waals surface area (Å²) in [6, 6.07) is 14.2. The Morgan fingerprint density at radius 1 is 1.08 bits per heavy atom. The van der Waals surface area contributed by atoms with Gasteiger partial charge < -0.3 is 14.7 Å². The average Bonchev–Trinajstić information content (AvgIpc) is 2.61. The van der Waals surface area contributed by atoms with Crippen molar-refractivity contribution in [2.45, 2.75) is 38.4 Å². The molecular weight excluding hydrogens is 329 g/mol. The lowest BCUT2D eigenvalue weighted by Gasteiger charge is -2.34. The minimum absolute atomic E-state index is 0.0823. The van der Waals surface area contributed by atoms with E-state index in [1.165, 1.54) is 10.9 Å². The first-order chi connectivity index (χ1) is 12.0. The second kappa shape index (κ2) is 8.69. The number of hydrogen-bond donors (Lipinski definition) is 1. The largest absolute Gasteiger partial charge is 0.508 e. The standard InChI is InChI=1S/C21H30NO2P/c1-6-21(7-2,18-14-17(24-5)12-13-19(18)23)25-20-11-9-8-10-16(20)15-22(3)4/h8-14,23,25H,6-7,15H2,1-5H3. The van der Waals surface area contributed by atoms with Crippen LogP contribution >= 0.6 is 8.58 Å². The van der Waals surface area contributed by atoms with Crippen LogP contribution in [0.2, 0.25) is 0 Å². The van der Waals surface area contributed by atoms with Crippen LogP contribution in [0.15, 0.2) is 42.5 Å². The highest BCUT2D eigenvalue weighted by molar-refractivity contribution is 7.48. The van der Waals surface area contributed by atoms with E-state index in [0.717, 1.165) is 30.7 Å². The first kappa shape index (κ1) is 19.8. The summed E-state index contributed by atoms with van der Waals surface area (Å²) in [5.41, 5.74) is 2.36. The second-order valence-electron chi connectivity index (χ2n) is 6.69. The first-order valence-corrected chi connectivity index (χ1v) is 9.84. The second-order valence-corrected chi connectivity index (χ2v) is 8.44. The molecule has 4 heteroatoms. The number of phenolic OH excluding ortho intramolecular Hbond substituents is 1. The Balaban J connectivity index is 2.49. The summed E-state index contributed by atoms with van der Waals surface area (Å²) in [4.78, 5) is 2.20. The van der Waals surface area contributed by atoms with Gasteiger partial charge in [-0.15, -0.1) is 0 Å². The first-order valence-electron chi connectivity index (χ1n) is 8.84. The van der Waals surface area contributed by atoms with Gasteiger partial charge in [-0.2, -0.15) is 0 Å². The minimum Gasteiger partial charge on any atom is -0.508 e. The molecule has 136 valence electrons. The Morgan fingerprint density at radius 3 is 2.36 bits per heavy atom. The van der Waals surface area contributed by atoms with Crippen LogP contribution in [-0.4, -0.2) is 31.2 Å². The van der Waals surface area contributed by atoms with Gasteiger partial charge in [0.2, 0.25) is 0 Å². The summed E-state index contributed by atoms with van der Waals surface area (Å²) < 4.78 is 5.41. The van der Waals surface area contributed by atoms with Gasteiger partial charge in [-0.05, 0) is 56.0 Å². The third-order valence-electron chi connectivity index (χ3n) is 4.80. The molecule has 0 spiro atoms. The van der Waals surface area contributed by atoms with Gasteiger partial charge >= 0.3 is 0 Å². The molecule has 0 amide bonds. The molecule has 0 bridgehead atoms. The highest BCUT2D eigenvalue weighted by Crippen LogP contribution is 2.50. The van der Waals surface area contributed by atoms with Crippen LogP contribution in [0.4, 0.5) is 0 Å².